The average Bonchev–Trinajstić information content (AvgIpc) is 3.25. The minimum Gasteiger partial charge on any atom is -0.497 e. The number of aromatic amines is 1. The highest BCUT2D eigenvalue weighted by molar-refractivity contribution is 5.99. The highest BCUT2D eigenvalue weighted by Gasteiger charge is 2.21. The minimum atomic E-state index is -1.33. The SMILES string of the molecule is COc1ccc(-n2ncc(C(=O)N[C@@H](C)C(=O)Cc3ccc4[nH]cc(C(=O)O)c(=O)c4c3)c2C)cc1. The van der Waals surface area contributed by atoms with Crippen LogP contribution in [0.25, 0.3) is 16.6 Å². The van der Waals surface area contributed by atoms with Crippen molar-refractivity contribution in [3.05, 3.63) is 87.5 Å². The average molecular weight is 489 g/mol. The summed E-state index contributed by atoms with van der Waals surface area (Å²) in [6, 6.07) is 11.2. The second-order valence-electron chi connectivity index (χ2n) is 8.31. The fourth-order valence-corrected chi connectivity index (χ4v) is 3.86. The van der Waals surface area contributed by atoms with E-state index in [-0.39, 0.29) is 23.2 Å². The van der Waals surface area contributed by atoms with Gasteiger partial charge in [-0.05, 0) is 55.8 Å². The number of rotatable bonds is 8. The summed E-state index contributed by atoms with van der Waals surface area (Å²) in [6.45, 7) is 3.34. The lowest BCUT2D eigenvalue weighted by molar-refractivity contribution is -0.119. The van der Waals surface area contributed by atoms with Gasteiger partial charge >= 0.3 is 5.97 Å². The highest BCUT2D eigenvalue weighted by Crippen LogP contribution is 2.18. The van der Waals surface area contributed by atoms with Crippen molar-refractivity contribution in [2.45, 2.75) is 26.3 Å². The Hall–Kier alpha value is -4.73. The van der Waals surface area contributed by atoms with Gasteiger partial charge in [-0.15, -0.1) is 0 Å². The van der Waals surface area contributed by atoms with E-state index in [9.17, 15) is 24.3 Å². The Morgan fingerprint density at radius 2 is 1.86 bits per heavy atom. The molecule has 184 valence electrons. The summed E-state index contributed by atoms with van der Waals surface area (Å²) >= 11 is 0. The third-order valence-corrected chi connectivity index (χ3v) is 5.96. The molecule has 4 aromatic rings. The van der Waals surface area contributed by atoms with Gasteiger partial charge in [-0.25, -0.2) is 9.48 Å². The number of carboxylic acid groups (broad SMARTS) is 1. The van der Waals surface area contributed by atoms with Crippen molar-refractivity contribution in [2.24, 2.45) is 0 Å². The van der Waals surface area contributed by atoms with Crippen LogP contribution in [0.4, 0.5) is 0 Å². The predicted molar refractivity (Wildman–Crippen MR) is 132 cm³/mol. The molecule has 0 fully saturated rings. The number of carboxylic acids is 1. The van der Waals surface area contributed by atoms with Crippen LogP contribution in [0.2, 0.25) is 0 Å². The van der Waals surface area contributed by atoms with Crippen molar-refractivity contribution in [3.8, 4) is 11.4 Å². The molecule has 36 heavy (non-hydrogen) atoms. The Balaban J connectivity index is 1.47. The van der Waals surface area contributed by atoms with Crippen LogP contribution in [0.5, 0.6) is 5.75 Å². The molecule has 0 saturated heterocycles. The fourth-order valence-electron chi connectivity index (χ4n) is 3.86. The number of methoxy groups -OCH3 is 1. The molecule has 0 bridgehead atoms. The third kappa shape index (κ3) is 4.74. The summed E-state index contributed by atoms with van der Waals surface area (Å²) in [6.07, 6.45) is 2.55. The summed E-state index contributed by atoms with van der Waals surface area (Å²) in [7, 11) is 1.58. The first kappa shape index (κ1) is 24.4. The van der Waals surface area contributed by atoms with Crippen molar-refractivity contribution in [3.63, 3.8) is 0 Å². The highest BCUT2D eigenvalue weighted by atomic mass is 16.5. The summed E-state index contributed by atoms with van der Waals surface area (Å²) in [5.74, 6) is -1.34. The Bertz CT molecular complexity index is 1530. The zero-order chi connectivity index (χ0) is 26.0. The number of nitrogens with zero attached hydrogens (tertiary/aromatic N) is 2. The van der Waals surface area contributed by atoms with Crippen molar-refractivity contribution >= 4 is 28.6 Å². The molecule has 3 N–H and O–H groups in total. The topological polar surface area (TPSA) is 143 Å². The predicted octanol–water partition coefficient (Wildman–Crippen LogP) is 2.66. The van der Waals surface area contributed by atoms with Gasteiger partial charge in [-0.1, -0.05) is 6.07 Å². The van der Waals surface area contributed by atoms with Crippen LogP contribution in [0, 0.1) is 6.92 Å². The number of pyridine rings is 1. The summed E-state index contributed by atoms with van der Waals surface area (Å²) < 4.78 is 6.79. The Labute approximate surface area is 205 Å². The Kier molecular flexibility index (Phi) is 6.69. The van der Waals surface area contributed by atoms with Crippen molar-refractivity contribution in [1.29, 1.82) is 0 Å². The van der Waals surface area contributed by atoms with E-state index < -0.39 is 23.3 Å². The van der Waals surface area contributed by atoms with E-state index in [2.05, 4.69) is 15.4 Å². The zero-order valence-corrected chi connectivity index (χ0v) is 19.9. The number of fused-ring (bicyclic) bond motifs is 1. The summed E-state index contributed by atoms with van der Waals surface area (Å²) in [5, 5.41) is 16.4. The van der Waals surface area contributed by atoms with Crippen LogP contribution in [-0.2, 0) is 11.2 Å². The smallest absolute Gasteiger partial charge is 0.341 e. The van der Waals surface area contributed by atoms with Gasteiger partial charge in [0.05, 0.1) is 36.3 Å². The molecule has 1 amide bonds. The molecule has 0 saturated carbocycles. The maximum absolute atomic E-state index is 12.9. The van der Waals surface area contributed by atoms with Crippen molar-refractivity contribution in [2.75, 3.05) is 7.11 Å². The lowest BCUT2D eigenvalue weighted by atomic mass is 10.0. The molecule has 2 aromatic heterocycles. The second kappa shape index (κ2) is 9.87. The lowest BCUT2D eigenvalue weighted by Gasteiger charge is -2.13. The monoisotopic (exact) mass is 488 g/mol. The second-order valence-corrected chi connectivity index (χ2v) is 8.31. The number of hydrogen-bond acceptors (Lipinski definition) is 6. The Morgan fingerprint density at radius 3 is 2.53 bits per heavy atom. The van der Waals surface area contributed by atoms with Gasteiger partial charge in [0, 0.05) is 23.5 Å². The number of carbonyl (C=O) groups excluding carboxylic acids is 2. The molecule has 0 aliphatic rings. The van der Waals surface area contributed by atoms with Gasteiger partial charge < -0.3 is 20.1 Å². The molecular formula is C26H24N4O6. The number of nitrogens with one attached hydrogen (secondary N) is 2. The minimum absolute atomic E-state index is 0.0434. The van der Waals surface area contributed by atoms with E-state index in [0.717, 1.165) is 11.9 Å². The molecule has 0 spiro atoms. The molecule has 10 nitrogen and oxygen atoms in total. The molecule has 2 aromatic carbocycles. The first-order valence-electron chi connectivity index (χ1n) is 11.1. The van der Waals surface area contributed by atoms with Crippen LogP contribution >= 0.6 is 0 Å². The number of benzene rings is 2. The molecule has 10 heteroatoms. The zero-order valence-electron chi connectivity index (χ0n) is 19.9. The number of ketones is 1. The van der Waals surface area contributed by atoms with Crippen molar-refractivity contribution < 1.29 is 24.2 Å². The normalized spacial score (nSPS) is 11.8. The standard InChI is InChI=1S/C26H24N4O6/c1-14(23(31)11-16-4-9-22-19(10-16)24(32)21(12-27-22)26(34)35)29-25(33)20-13-28-30(15(20)2)17-5-7-18(36-3)8-6-17/h4-10,12-14H,11H2,1-3H3,(H,27,32)(H,29,33)(H,34,35)/t14-/m0/s1. The largest absolute Gasteiger partial charge is 0.497 e. The molecule has 0 unspecified atom stereocenters. The number of ether oxygens (including phenoxy) is 1. The Morgan fingerprint density at radius 1 is 1.14 bits per heavy atom. The van der Waals surface area contributed by atoms with Gasteiger partial charge in [0.25, 0.3) is 5.91 Å². The summed E-state index contributed by atoms with van der Waals surface area (Å²) in [5.41, 5.74) is 1.70. The maximum Gasteiger partial charge on any atom is 0.341 e. The van der Waals surface area contributed by atoms with Crippen LogP contribution in [-0.4, -0.2) is 50.7 Å². The first-order chi connectivity index (χ1) is 17.2. The van der Waals surface area contributed by atoms with Gasteiger partial charge in [0.15, 0.2) is 5.78 Å². The van der Waals surface area contributed by atoms with E-state index in [1.807, 2.05) is 12.1 Å². The van der Waals surface area contributed by atoms with Crippen molar-refractivity contribution in [1.82, 2.24) is 20.1 Å². The summed E-state index contributed by atoms with van der Waals surface area (Å²) in [4.78, 5) is 52.2. The molecular weight excluding hydrogens is 464 g/mol. The number of hydrogen-bond donors (Lipinski definition) is 3. The van der Waals surface area contributed by atoms with Crippen LogP contribution in [0.3, 0.4) is 0 Å². The number of amides is 1. The van der Waals surface area contributed by atoms with Gasteiger partial charge in [0.2, 0.25) is 5.43 Å². The molecule has 0 aliphatic heterocycles. The van der Waals surface area contributed by atoms with E-state index in [1.54, 1.807) is 49.9 Å². The third-order valence-electron chi connectivity index (χ3n) is 5.96. The number of aromatic nitrogens is 3. The van der Waals surface area contributed by atoms with Gasteiger partial charge in [-0.3, -0.25) is 14.4 Å². The fraction of sp³-hybridized carbons (Fsp3) is 0.192. The molecule has 2 heterocycles. The number of aromatic carboxylic acids is 1. The van der Waals surface area contributed by atoms with Crippen LogP contribution in [0.15, 0.2) is 59.7 Å². The molecule has 1 atom stereocenters. The molecule has 4 rings (SSSR count). The van der Waals surface area contributed by atoms with Gasteiger partial charge in [0.1, 0.15) is 11.3 Å². The lowest BCUT2D eigenvalue weighted by Crippen LogP contribution is -2.39. The van der Waals surface area contributed by atoms with Crippen LogP contribution in [0.1, 0.15) is 38.9 Å². The maximum atomic E-state index is 12.9. The van der Waals surface area contributed by atoms with E-state index in [0.29, 0.717) is 28.1 Å². The van der Waals surface area contributed by atoms with E-state index in [4.69, 9.17) is 4.74 Å². The molecule has 0 radical (unpaired) electrons. The van der Waals surface area contributed by atoms with E-state index in [1.165, 1.54) is 12.3 Å². The number of H-pyrrole nitrogens is 1. The molecule has 0 aliphatic carbocycles. The first-order valence-corrected chi connectivity index (χ1v) is 11.1. The van der Waals surface area contributed by atoms with Gasteiger partial charge in [-0.2, -0.15) is 5.10 Å². The number of Topliss-reactive ketones (excluding diaryl/α,β-unsaturated/α-hetero) is 1. The quantitative estimate of drug-likeness (QED) is 0.346. The van der Waals surface area contributed by atoms with E-state index >= 15 is 0 Å². The number of carbonyl (C=O) groups is 3. The van der Waals surface area contributed by atoms with Crippen LogP contribution < -0.4 is 15.5 Å².